The van der Waals surface area contributed by atoms with E-state index in [2.05, 4.69) is 72.2 Å². The van der Waals surface area contributed by atoms with Crippen molar-refractivity contribution in [2.45, 2.75) is 6.54 Å². The van der Waals surface area contributed by atoms with Gasteiger partial charge in [0.15, 0.2) is 0 Å². The van der Waals surface area contributed by atoms with E-state index < -0.39 is 0 Å². The van der Waals surface area contributed by atoms with Crippen molar-refractivity contribution in [1.29, 1.82) is 0 Å². The van der Waals surface area contributed by atoms with Crippen molar-refractivity contribution in [1.82, 2.24) is 30.4 Å². The van der Waals surface area contributed by atoms with E-state index in [1.165, 1.54) is 5.69 Å². The van der Waals surface area contributed by atoms with E-state index >= 15 is 0 Å². The van der Waals surface area contributed by atoms with Crippen molar-refractivity contribution in [2.24, 2.45) is 0 Å². The van der Waals surface area contributed by atoms with Crippen molar-refractivity contribution in [3.05, 3.63) is 109 Å². The third-order valence-corrected chi connectivity index (χ3v) is 7.30. The molecular weight excluding hydrogens is 526 g/mol. The van der Waals surface area contributed by atoms with Crippen LogP contribution in [0.25, 0.3) is 11.1 Å². The SMILES string of the molecule is CN1CCN(c2ccc(Nc3nc(Nc4ccc(C(=O)NCc5ccccc5)cc4)ncc3-c3cn[nH]c3)cc2)CC1. The molecule has 1 aliphatic rings. The summed E-state index contributed by atoms with van der Waals surface area (Å²) in [5.74, 6) is 0.953. The third-order valence-electron chi connectivity index (χ3n) is 7.30. The highest BCUT2D eigenvalue weighted by molar-refractivity contribution is 5.94. The summed E-state index contributed by atoms with van der Waals surface area (Å²) in [5.41, 5.74) is 6.24. The molecule has 10 nitrogen and oxygen atoms in total. The average molecular weight is 560 g/mol. The number of aromatic nitrogens is 4. The molecular formula is C32H33N9O. The van der Waals surface area contributed by atoms with E-state index in [9.17, 15) is 4.79 Å². The summed E-state index contributed by atoms with van der Waals surface area (Å²) in [7, 11) is 2.16. The molecule has 3 aromatic carbocycles. The van der Waals surface area contributed by atoms with Gasteiger partial charge in [0.2, 0.25) is 5.95 Å². The number of nitrogens with one attached hydrogen (secondary N) is 4. The van der Waals surface area contributed by atoms with Crippen LogP contribution in [0.5, 0.6) is 0 Å². The molecule has 0 aliphatic carbocycles. The van der Waals surface area contributed by atoms with Gasteiger partial charge in [-0.3, -0.25) is 9.89 Å². The second-order valence-electron chi connectivity index (χ2n) is 10.3. The Bertz CT molecular complexity index is 1600. The first kappa shape index (κ1) is 27.0. The minimum atomic E-state index is -0.128. The van der Waals surface area contributed by atoms with E-state index in [1.807, 2.05) is 48.7 Å². The Hall–Kier alpha value is -5.22. The number of aromatic amines is 1. The average Bonchev–Trinajstić information content (AvgIpc) is 3.57. The Balaban J connectivity index is 1.15. The van der Waals surface area contributed by atoms with Gasteiger partial charge in [-0.1, -0.05) is 30.3 Å². The van der Waals surface area contributed by atoms with Crippen LogP contribution < -0.4 is 20.9 Å². The summed E-state index contributed by atoms with van der Waals surface area (Å²) >= 11 is 0. The van der Waals surface area contributed by atoms with Crippen molar-refractivity contribution < 1.29 is 4.79 Å². The van der Waals surface area contributed by atoms with E-state index in [0.717, 1.165) is 54.2 Å². The molecule has 6 rings (SSSR count). The van der Waals surface area contributed by atoms with Crippen molar-refractivity contribution in [2.75, 3.05) is 48.8 Å². The fourth-order valence-corrected chi connectivity index (χ4v) is 4.82. The molecule has 0 spiro atoms. The van der Waals surface area contributed by atoms with Crippen molar-refractivity contribution in [3.63, 3.8) is 0 Å². The van der Waals surface area contributed by atoms with E-state index in [1.54, 1.807) is 24.5 Å². The molecule has 0 bridgehead atoms. The number of anilines is 5. The number of hydrogen-bond acceptors (Lipinski definition) is 8. The number of piperazine rings is 1. The molecule has 0 unspecified atom stereocenters. The van der Waals surface area contributed by atoms with Crippen LogP contribution in [-0.2, 0) is 6.54 Å². The van der Waals surface area contributed by atoms with Crippen LogP contribution >= 0.6 is 0 Å². The highest BCUT2D eigenvalue weighted by atomic mass is 16.1. The third kappa shape index (κ3) is 6.56. The van der Waals surface area contributed by atoms with E-state index in [4.69, 9.17) is 4.98 Å². The van der Waals surface area contributed by atoms with Crippen LogP contribution in [0.3, 0.4) is 0 Å². The Kier molecular flexibility index (Phi) is 8.05. The zero-order valence-electron chi connectivity index (χ0n) is 23.4. The van der Waals surface area contributed by atoms with Gasteiger partial charge in [0.05, 0.1) is 6.20 Å². The molecule has 1 fully saturated rings. The largest absolute Gasteiger partial charge is 0.369 e. The molecule has 3 heterocycles. The number of carbonyl (C=O) groups excluding carboxylic acids is 1. The van der Waals surface area contributed by atoms with Gasteiger partial charge in [-0.2, -0.15) is 10.1 Å². The van der Waals surface area contributed by atoms with Gasteiger partial charge in [-0.05, 0) is 61.1 Å². The number of nitrogens with zero attached hydrogens (tertiary/aromatic N) is 5. The topological polar surface area (TPSA) is 114 Å². The number of benzene rings is 3. The first-order valence-electron chi connectivity index (χ1n) is 14.0. The van der Waals surface area contributed by atoms with Gasteiger partial charge >= 0.3 is 0 Å². The number of hydrogen-bond donors (Lipinski definition) is 4. The Labute approximate surface area is 244 Å². The minimum absolute atomic E-state index is 0.128. The van der Waals surface area contributed by atoms with Gasteiger partial charge in [-0.15, -0.1) is 0 Å². The van der Waals surface area contributed by atoms with Gasteiger partial charge in [-0.25, -0.2) is 4.98 Å². The fraction of sp³-hybridized carbons (Fsp3) is 0.188. The number of amides is 1. The molecule has 2 aromatic heterocycles. The fourth-order valence-electron chi connectivity index (χ4n) is 4.82. The summed E-state index contributed by atoms with van der Waals surface area (Å²) in [5, 5.41) is 16.6. The highest BCUT2D eigenvalue weighted by Gasteiger charge is 2.15. The van der Waals surface area contributed by atoms with Crippen molar-refractivity contribution in [3.8, 4) is 11.1 Å². The molecule has 1 aliphatic heterocycles. The van der Waals surface area contributed by atoms with Gasteiger partial charge in [0.25, 0.3) is 5.91 Å². The second kappa shape index (κ2) is 12.5. The molecule has 4 N–H and O–H groups in total. The zero-order chi connectivity index (χ0) is 28.7. The van der Waals surface area contributed by atoms with Crippen LogP contribution in [0, 0.1) is 0 Å². The first-order valence-corrected chi connectivity index (χ1v) is 14.0. The normalized spacial score (nSPS) is 13.5. The molecule has 1 saturated heterocycles. The molecule has 1 amide bonds. The summed E-state index contributed by atoms with van der Waals surface area (Å²) < 4.78 is 0. The zero-order valence-corrected chi connectivity index (χ0v) is 23.4. The highest BCUT2D eigenvalue weighted by Crippen LogP contribution is 2.30. The van der Waals surface area contributed by atoms with Crippen LogP contribution in [0.4, 0.5) is 28.8 Å². The molecule has 0 radical (unpaired) electrons. The number of H-pyrrole nitrogens is 1. The number of carbonyl (C=O) groups is 1. The molecule has 0 atom stereocenters. The van der Waals surface area contributed by atoms with Gasteiger partial charge < -0.3 is 25.8 Å². The Morgan fingerprint density at radius 3 is 2.29 bits per heavy atom. The summed E-state index contributed by atoms with van der Waals surface area (Å²) in [4.78, 5) is 26.7. The Morgan fingerprint density at radius 2 is 1.57 bits per heavy atom. The minimum Gasteiger partial charge on any atom is -0.369 e. The lowest BCUT2D eigenvalue weighted by atomic mass is 10.1. The predicted molar refractivity (Wildman–Crippen MR) is 166 cm³/mol. The smallest absolute Gasteiger partial charge is 0.251 e. The summed E-state index contributed by atoms with van der Waals surface area (Å²) in [6, 6.07) is 25.5. The Morgan fingerprint density at radius 1 is 0.857 bits per heavy atom. The maximum absolute atomic E-state index is 12.6. The lowest BCUT2D eigenvalue weighted by Crippen LogP contribution is -2.44. The lowest BCUT2D eigenvalue weighted by Gasteiger charge is -2.34. The quantitative estimate of drug-likeness (QED) is 0.199. The van der Waals surface area contributed by atoms with Crippen LogP contribution in [0.2, 0.25) is 0 Å². The lowest BCUT2D eigenvalue weighted by molar-refractivity contribution is 0.0951. The predicted octanol–water partition coefficient (Wildman–Crippen LogP) is 5.04. The van der Waals surface area contributed by atoms with Crippen LogP contribution in [0.1, 0.15) is 15.9 Å². The molecule has 42 heavy (non-hydrogen) atoms. The maximum atomic E-state index is 12.6. The second-order valence-corrected chi connectivity index (χ2v) is 10.3. The monoisotopic (exact) mass is 559 g/mol. The first-order chi connectivity index (χ1) is 20.6. The number of likely N-dealkylation sites (N-methyl/N-ethyl adjacent to an activating group) is 1. The number of rotatable bonds is 9. The van der Waals surface area contributed by atoms with E-state index in [-0.39, 0.29) is 5.91 Å². The maximum Gasteiger partial charge on any atom is 0.251 e. The summed E-state index contributed by atoms with van der Waals surface area (Å²) in [6.07, 6.45) is 5.33. The molecule has 5 aromatic rings. The van der Waals surface area contributed by atoms with Crippen molar-refractivity contribution >= 4 is 34.7 Å². The van der Waals surface area contributed by atoms with Crippen LogP contribution in [0.15, 0.2) is 97.5 Å². The molecule has 0 saturated carbocycles. The molecule has 212 valence electrons. The van der Waals surface area contributed by atoms with E-state index in [0.29, 0.717) is 23.9 Å². The van der Waals surface area contributed by atoms with Gasteiger partial charge in [0, 0.05) is 78.9 Å². The van der Waals surface area contributed by atoms with Crippen LogP contribution in [-0.4, -0.2) is 64.2 Å². The van der Waals surface area contributed by atoms with Gasteiger partial charge in [0.1, 0.15) is 5.82 Å². The standard InChI is InChI=1S/C32H33N9O/c1-40-15-17-41(18-16-40)28-13-11-26(12-14-28)37-30-29(25-20-35-36-21-25)22-34-32(39-30)38-27-9-7-24(8-10-27)31(42)33-19-23-5-3-2-4-6-23/h2-14,20-22H,15-19H2,1H3,(H,33,42)(H,35,36)(H2,34,37,38,39). The molecule has 10 heteroatoms. The summed E-state index contributed by atoms with van der Waals surface area (Å²) in [6.45, 7) is 4.65.